The highest BCUT2D eigenvalue weighted by molar-refractivity contribution is 5.75. The zero-order chi connectivity index (χ0) is 14.8. The molecule has 0 aromatic heterocycles. The normalized spacial score (nSPS) is 30.8. The zero-order valence-corrected chi connectivity index (χ0v) is 13.3. The van der Waals surface area contributed by atoms with Crippen LogP contribution in [0.3, 0.4) is 0 Å². The molecule has 20 heavy (non-hydrogen) atoms. The van der Waals surface area contributed by atoms with Crippen LogP contribution in [-0.4, -0.2) is 37.9 Å². The summed E-state index contributed by atoms with van der Waals surface area (Å²) in [4.78, 5) is 11.8. The van der Waals surface area contributed by atoms with Gasteiger partial charge in [-0.3, -0.25) is 10.1 Å². The highest BCUT2D eigenvalue weighted by Gasteiger charge is 2.34. The molecule has 2 aliphatic carbocycles. The number of carbonyl (C=O) groups is 1. The summed E-state index contributed by atoms with van der Waals surface area (Å²) in [5.41, 5.74) is 0.340. The minimum Gasteiger partial charge on any atom is -0.468 e. The highest BCUT2D eigenvalue weighted by Crippen LogP contribution is 2.39. The van der Waals surface area contributed by atoms with Crippen molar-refractivity contribution in [1.82, 2.24) is 5.32 Å². The third-order valence-electron chi connectivity index (χ3n) is 4.35. The van der Waals surface area contributed by atoms with Crippen molar-refractivity contribution >= 4 is 5.97 Å². The van der Waals surface area contributed by atoms with Gasteiger partial charge in [0.15, 0.2) is 0 Å². The lowest BCUT2D eigenvalue weighted by Gasteiger charge is -2.39. The van der Waals surface area contributed by atoms with Crippen molar-refractivity contribution in [2.45, 2.75) is 71.1 Å². The molecule has 1 N–H and O–H groups in total. The monoisotopic (exact) mass is 283 g/mol. The minimum absolute atomic E-state index is 0.208. The number of methoxy groups -OCH3 is 1. The third-order valence-corrected chi connectivity index (χ3v) is 4.35. The van der Waals surface area contributed by atoms with E-state index in [2.05, 4.69) is 26.1 Å². The molecule has 0 aliphatic heterocycles. The molecule has 0 amide bonds. The SMILES string of the molecule is COC(=O)C(COC1CC(C)CC(C)(C)C1)NC1CC1. The van der Waals surface area contributed by atoms with Crippen LogP contribution in [0.25, 0.3) is 0 Å². The molecule has 0 spiro atoms. The van der Waals surface area contributed by atoms with E-state index in [-0.39, 0.29) is 18.1 Å². The first-order valence-electron chi connectivity index (χ1n) is 7.85. The molecule has 2 rings (SSSR count). The number of nitrogens with one attached hydrogen (secondary N) is 1. The fourth-order valence-electron chi connectivity index (χ4n) is 3.48. The third kappa shape index (κ3) is 4.74. The van der Waals surface area contributed by atoms with Gasteiger partial charge in [0.05, 0.1) is 19.8 Å². The predicted molar refractivity (Wildman–Crippen MR) is 78.5 cm³/mol. The van der Waals surface area contributed by atoms with Gasteiger partial charge in [0.1, 0.15) is 6.04 Å². The number of rotatable bonds is 6. The van der Waals surface area contributed by atoms with Crippen molar-refractivity contribution in [3.05, 3.63) is 0 Å². The average molecular weight is 283 g/mol. The van der Waals surface area contributed by atoms with Crippen LogP contribution in [0, 0.1) is 11.3 Å². The molecule has 3 unspecified atom stereocenters. The van der Waals surface area contributed by atoms with E-state index in [1.54, 1.807) is 0 Å². The summed E-state index contributed by atoms with van der Waals surface area (Å²) in [6.45, 7) is 7.33. The van der Waals surface area contributed by atoms with E-state index in [0.717, 1.165) is 25.7 Å². The number of esters is 1. The predicted octanol–water partition coefficient (Wildman–Crippen LogP) is 2.51. The van der Waals surface area contributed by atoms with Crippen LogP contribution in [0.4, 0.5) is 0 Å². The second-order valence-corrected chi connectivity index (χ2v) is 7.39. The Morgan fingerprint density at radius 3 is 2.60 bits per heavy atom. The number of carbonyl (C=O) groups excluding carboxylic acids is 1. The Morgan fingerprint density at radius 2 is 2.05 bits per heavy atom. The van der Waals surface area contributed by atoms with Crippen molar-refractivity contribution in [2.24, 2.45) is 11.3 Å². The van der Waals surface area contributed by atoms with Gasteiger partial charge in [-0.2, -0.15) is 0 Å². The van der Waals surface area contributed by atoms with E-state index in [4.69, 9.17) is 9.47 Å². The maximum atomic E-state index is 11.8. The molecule has 0 heterocycles. The Labute approximate surface area is 122 Å². The van der Waals surface area contributed by atoms with Gasteiger partial charge in [-0.05, 0) is 43.4 Å². The number of hydrogen-bond acceptors (Lipinski definition) is 4. The first-order chi connectivity index (χ1) is 9.39. The lowest BCUT2D eigenvalue weighted by Crippen LogP contribution is -2.44. The standard InChI is InChI=1S/C16H29NO3/c1-11-7-13(9-16(2,3)8-11)20-10-14(15(18)19-4)17-12-5-6-12/h11-14,17H,5-10H2,1-4H3. The lowest BCUT2D eigenvalue weighted by atomic mass is 9.71. The number of ether oxygens (including phenoxy) is 2. The van der Waals surface area contributed by atoms with E-state index in [1.165, 1.54) is 13.5 Å². The molecule has 2 aliphatic rings. The molecule has 0 aromatic carbocycles. The summed E-state index contributed by atoms with van der Waals surface area (Å²) >= 11 is 0. The van der Waals surface area contributed by atoms with Crippen LogP contribution in [0.1, 0.15) is 52.9 Å². The van der Waals surface area contributed by atoms with E-state index in [9.17, 15) is 4.79 Å². The lowest BCUT2D eigenvalue weighted by molar-refractivity contribution is -0.146. The molecule has 0 aromatic rings. The summed E-state index contributed by atoms with van der Waals surface area (Å²) in [5, 5.41) is 3.31. The van der Waals surface area contributed by atoms with Crippen LogP contribution >= 0.6 is 0 Å². The summed E-state index contributed by atoms with van der Waals surface area (Å²) in [7, 11) is 1.44. The summed E-state index contributed by atoms with van der Waals surface area (Å²) < 4.78 is 10.9. The summed E-state index contributed by atoms with van der Waals surface area (Å²) in [5.74, 6) is 0.483. The van der Waals surface area contributed by atoms with E-state index >= 15 is 0 Å². The van der Waals surface area contributed by atoms with Crippen LogP contribution in [0.15, 0.2) is 0 Å². The molecule has 0 radical (unpaired) electrons. The van der Waals surface area contributed by atoms with Gasteiger partial charge in [-0.15, -0.1) is 0 Å². The molecule has 4 nitrogen and oxygen atoms in total. The molecule has 0 bridgehead atoms. The van der Waals surface area contributed by atoms with Gasteiger partial charge in [-0.1, -0.05) is 20.8 Å². The second kappa shape index (κ2) is 6.44. The maximum Gasteiger partial charge on any atom is 0.325 e. The van der Waals surface area contributed by atoms with Crippen molar-refractivity contribution < 1.29 is 14.3 Å². The van der Waals surface area contributed by atoms with Crippen molar-refractivity contribution in [3.8, 4) is 0 Å². The topological polar surface area (TPSA) is 47.6 Å². The first-order valence-corrected chi connectivity index (χ1v) is 7.85. The Morgan fingerprint density at radius 1 is 1.35 bits per heavy atom. The second-order valence-electron chi connectivity index (χ2n) is 7.39. The highest BCUT2D eigenvalue weighted by atomic mass is 16.5. The van der Waals surface area contributed by atoms with E-state index in [0.29, 0.717) is 24.0 Å². The zero-order valence-electron chi connectivity index (χ0n) is 13.3. The van der Waals surface area contributed by atoms with Gasteiger partial charge < -0.3 is 9.47 Å². The smallest absolute Gasteiger partial charge is 0.325 e. The van der Waals surface area contributed by atoms with Crippen LogP contribution < -0.4 is 5.32 Å². The van der Waals surface area contributed by atoms with Gasteiger partial charge in [0.2, 0.25) is 0 Å². The van der Waals surface area contributed by atoms with Crippen LogP contribution in [0.2, 0.25) is 0 Å². The van der Waals surface area contributed by atoms with Crippen LogP contribution in [-0.2, 0) is 14.3 Å². The van der Waals surface area contributed by atoms with Gasteiger partial charge >= 0.3 is 5.97 Å². The fourth-order valence-corrected chi connectivity index (χ4v) is 3.48. The van der Waals surface area contributed by atoms with E-state index in [1.807, 2.05) is 0 Å². The van der Waals surface area contributed by atoms with Crippen LogP contribution in [0.5, 0.6) is 0 Å². The average Bonchev–Trinajstić information content (AvgIpc) is 3.14. The molecule has 4 heteroatoms. The molecule has 2 fully saturated rings. The molecule has 116 valence electrons. The maximum absolute atomic E-state index is 11.8. The Hall–Kier alpha value is -0.610. The van der Waals surface area contributed by atoms with Crippen molar-refractivity contribution in [1.29, 1.82) is 0 Å². The molecule has 0 saturated heterocycles. The Kier molecular flexibility index (Phi) is 5.08. The van der Waals surface area contributed by atoms with Crippen molar-refractivity contribution in [3.63, 3.8) is 0 Å². The summed E-state index contributed by atoms with van der Waals surface area (Å²) in [6, 6.07) is 0.164. The largest absolute Gasteiger partial charge is 0.468 e. The first kappa shape index (κ1) is 15.8. The summed E-state index contributed by atoms with van der Waals surface area (Å²) in [6.07, 6.45) is 6.01. The Balaban J connectivity index is 1.83. The Bertz CT molecular complexity index is 339. The molecular weight excluding hydrogens is 254 g/mol. The minimum atomic E-state index is -0.312. The van der Waals surface area contributed by atoms with Gasteiger partial charge in [0, 0.05) is 6.04 Å². The molecule has 2 saturated carbocycles. The van der Waals surface area contributed by atoms with Gasteiger partial charge in [0.25, 0.3) is 0 Å². The molecular formula is C16H29NO3. The quantitative estimate of drug-likeness (QED) is 0.761. The fraction of sp³-hybridized carbons (Fsp3) is 0.938. The number of hydrogen-bond donors (Lipinski definition) is 1. The van der Waals surface area contributed by atoms with Gasteiger partial charge in [-0.25, -0.2) is 0 Å². The van der Waals surface area contributed by atoms with Crippen molar-refractivity contribution in [2.75, 3.05) is 13.7 Å². The van der Waals surface area contributed by atoms with E-state index < -0.39 is 0 Å². The molecule has 3 atom stereocenters.